The molecule has 0 spiro atoms. The minimum absolute atomic E-state index is 0.115. The second kappa shape index (κ2) is 5.64. The normalized spacial score (nSPS) is 12.6. The number of rotatable bonds is 3. The molecule has 1 aromatic heterocycles. The largest absolute Gasteiger partial charge is 0.382 e. The Bertz CT molecular complexity index is 464. The molecule has 0 saturated carbocycles. The van der Waals surface area contributed by atoms with E-state index in [4.69, 9.17) is 5.73 Å². The lowest BCUT2D eigenvalue weighted by Crippen LogP contribution is -2.50. The number of nitrogens with zero attached hydrogens (tertiary/aromatic N) is 2. The molecule has 0 fully saturated rings. The first-order valence-electron chi connectivity index (χ1n) is 5.91. The standard InChI is InChI=1S/C12H19N5O2/c1-7(10(18)15-12(2,3)4)14-11(19)8-5-6-9(13)17-16-8/h5-7H,1-4H3,(H2,13,17)(H,14,19)(H,15,18). The van der Waals surface area contributed by atoms with Gasteiger partial charge in [-0.1, -0.05) is 0 Å². The van der Waals surface area contributed by atoms with Gasteiger partial charge in [-0.3, -0.25) is 9.59 Å². The van der Waals surface area contributed by atoms with Crippen LogP contribution in [0.25, 0.3) is 0 Å². The van der Waals surface area contributed by atoms with Crippen LogP contribution in [0.3, 0.4) is 0 Å². The molecular formula is C12H19N5O2. The van der Waals surface area contributed by atoms with E-state index >= 15 is 0 Å². The SMILES string of the molecule is CC(NC(=O)c1ccc(N)nn1)C(=O)NC(C)(C)C. The zero-order chi connectivity index (χ0) is 14.6. The third kappa shape index (κ3) is 4.90. The number of nitrogen functional groups attached to an aromatic ring is 1. The fraction of sp³-hybridized carbons (Fsp3) is 0.500. The van der Waals surface area contributed by atoms with Crippen molar-refractivity contribution < 1.29 is 9.59 Å². The maximum atomic E-state index is 11.8. The summed E-state index contributed by atoms with van der Waals surface area (Å²) in [5, 5.41) is 12.5. The Kier molecular flexibility index (Phi) is 4.42. The monoisotopic (exact) mass is 265 g/mol. The van der Waals surface area contributed by atoms with E-state index in [2.05, 4.69) is 20.8 Å². The van der Waals surface area contributed by atoms with Gasteiger partial charge >= 0.3 is 0 Å². The van der Waals surface area contributed by atoms with Gasteiger partial charge in [0.2, 0.25) is 5.91 Å². The minimum atomic E-state index is -0.661. The van der Waals surface area contributed by atoms with Crippen LogP contribution in [0.1, 0.15) is 38.2 Å². The van der Waals surface area contributed by atoms with Gasteiger partial charge in [-0.15, -0.1) is 10.2 Å². The number of aromatic nitrogens is 2. The Balaban J connectivity index is 2.61. The van der Waals surface area contributed by atoms with Crippen LogP contribution in [0.4, 0.5) is 5.82 Å². The average molecular weight is 265 g/mol. The summed E-state index contributed by atoms with van der Waals surface area (Å²) in [5.41, 5.74) is 5.14. The van der Waals surface area contributed by atoms with Gasteiger partial charge in [-0.25, -0.2) is 0 Å². The summed E-state index contributed by atoms with van der Waals surface area (Å²) in [5.74, 6) is -0.497. The lowest BCUT2D eigenvalue weighted by Gasteiger charge is -2.23. The Morgan fingerprint density at radius 2 is 1.89 bits per heavy atom. The molecule has 0 aromatic carbocycles. The molecule has 0 saturated heterocycles. The fourth-order valence-corrected chi connectivity index (χ4v) is 1.28. The first-order valence-corrected chi connectivity index (χ1v) is 5.91. The zero-order valence-electron chi connectivity index (χ0n) is 11.5. The highest BCUT2D eigenvalue weighted by atomic mass is 16.2. The number of hydrogen-bond donors (Lipinski definition) is 3. The van der Waals surface area contributed by atoms with Crippen LogP contribution in [-0.2, 0) is 4.79 Å². The molecule has 4 N–H and O–H groups in total. The Morgan fingerprint density at radius 3 is 2.37 bits per heavy atom. The van der Waals surface area contributed by atoms with Crippen molar-refractivity contribution >= 4 is 17.6 Å². The van der Waals surface area contributed by atoms with Crippen molar-refractivity contribution in [2.45, 2.75) is 39.3 Å². The summed E-state index contributed by atoms with van der Waals surface area (Å²) in [6.07, 6.45) is 0. The first kappa shape index (κ1) is 14.9. The van der Waals surface area contributed by atoms with Gasteiger partial charge < -0.3 is 16.4 Å². The highest BCUT2D eigenvalue weighted by Gasteiger charge is 2.21. The van der Waals surface area contributed by atoms with E-state index in [0.717, 1.165) is 0 Å². The van der Waals surface area contributed by atoms with Gasteiger partial charge in [0.05, 0.1) is 0 Å². The smallest absolute Gasteiger partial charge is 0.272 e. The molecule has 0 aliphatic rings. The maximum Gasteiger partial charge on any atom is 0.272 e. The van der Waals surface area contributed by atoms with E-state index < -0.39 is 11.9 Å². The molecule has 0 aliphatic heterocycles. The van der Waals surface area contributed by atoms with Crippen molar-refractivity contribution in [3.8, 4) is 0 Å². The summed E-state index contributed by atoms with van der Waals surface area (Å²) >= 11 is 0. The Morgan fingerprint density at radius 1 is 1.26 bits per heavy atom. The quantitative estimate of drug-likeness (QED) is 0.717. The van der Waals surface area contributed by atoms with E-state index in [1.165, 1.54) is 12.1 Å². The van der Waals surface area contributed by atoms with Crippen LogP contribution in [0.2, 0.25) is 0 Å². The van der Waals surface area contributed by atoms with Crippen molar-refractivity contribution in [1.29, 1.82) is 0 Å². The van der Waals surface area contributed by atoms with Crippen LogP contribution in [0, 0.1) is 0 Å². The summed E-state index contributed by atoms with van der Waals surface area (Å²) in [6, 6.07) is 2.26. The van der Waals surface area contributed by atoms with Crippen molar-refractivity contribution in [2.75, 3.05) is 5.73 Å². The van der Waals surface area contributed by atoms with Crippen LogP contribution < -0.4 is 16.4 Å². The topological polar surface area (TPSA) is 110 Å². The number of anilines is 1. The highest BCUT2D eigenvalue weighted by Crippen LogP contribution is 2.01. The summed E-state index contributed by atoms with van der Waals surface area (Å²) in [7, 11) is 0. The van der Waals surface area contributed by atoms with Gasteiger partial charge in [0.25, 0.3) is 5.91 Å². The number of carbonyl (C=O) groups is 2. The van der Waals surface area contributed by atoms with E-state index in [1.54, 1.807) is 6.92 Å². The number of nitrogens with two attached hydrogens (primary N) is 1. The molecule has 7 heteroatoms. The molecule has 1 rings (SSSR count). The number of carbonyl (C=O) groups excluding carboxylic acids is 2. The van der Waals surface area contributed by atoms with E-state index in [1.807, 2.05) is 20.8 Å². The first-order chi connectivity index (χ1) is 8.69. The van der Waals surface area contributed by atoms with Crippen LogP contribution in [0.5, 0.6) is 0 Å². The van der Waals surface area contributed by atoms with Gasteiger partial charge in [0, 0.05) is 5.54 Å². The minimum Gasteiger partial charge on any atom is -0.382 e. The molecule has 2 amide bonds. The molecule has 0 aliphatic carbocycles. The predicted octanol–water partition coefficient (Wildman–Crippen LogP) is 0.0918. The average Bonchev–Trinajstić information content (AvgIpc) is 2.27. The van der Waals surface area contributed by atoms with Gasteiger partial charge in [0.1, 0.15) is 11.9 Å². The van der Waals surface area contributed by atoms with Crippen molar-refractivity contribution in [2.24, 2.45) is 0 Å². The third-order valence-corrected chi connectivity index (χ3v) is 2.16. The van der Waals surface area contributed by atoms with E-state index in [9.17, 15) is 9.59 Å². The third-order valence-electron chi connectivity index (χ3n) is 2.16. The molecule has 1 heterocycles. The number of hydrogen-bond acceptors (Lipinski definition) is 5. The molecule has 1 aromatic rings. The molecule has 1 unspecified atom stereocenters. The molecule has 104 valence electrons. The number of nitrogens with one attached hydrogen (secondary N) is 2. The molecule has 7 nitrogen and oxygen atoms in total. The number of amides is 2. The van der Waals surface area contributed by atoms with Crippen LogP contribution in [0.15, 0.2) is 12.1 Å². The van der Waals surface area contributed by atoms with Gasteiger partial charge in [-0.05, 0) is 39.8 Å². The van der Waals surface area contributed by atoms with Crippen molar-refractivity contribution in [3.63, 3.8) is 0 Å². The molecular weight excluding hydrogens is 246 g/mol. The molecule has 1 atom stereocenters. The van der Waals surface area contributed by atoms with Crippen molar-refractivity contribution in [1.82, 2.24) is 20.8 Å². The van der Waals surface area contributed by atoms with Crippen molar-refractivity contribution in [3.05, 3.63) is 17.8 Å². The summed E-state index contributed by atoms with van der Waals surface area (Å²) in [6.45, 7) is 7.20. The maximum absolute atomic E-state index is 11.8. The molecule has 0 radical (unpaired) electrons. The Labute approximate surface area is 112 Å². The lowest BCUT2D eigenvalue weighted by atomic mass is 10.1. The van der Waals surface area contributed by atoms with Crippen LogP contribution >= 0.6 is 0 Å². The fourth-order valence-electron chi connectivity index (χ4n) is 1.28. The summed E-state index contributed by atoms with van der Waals surface area (Å²) in [4.78, 5) is 23.6. The zero-order valence-corrected chi connectivity index (χ0v) is 11.5. The Hall–Kier alpha value is -2.18. The summed E-state index contributed by atoms with van der Waals surface area (Å²) < 4.78 is 0. The van der Waals surface area contributed by atoms with Gasteiger partial charge in [0.15, 0.2) is 5.69 Å². The molecule has 0 bridgehead atoms. The second-order valence-corrected chi connectivity index (χ2v) is 5.28. The predicted molar refractivity (Wildman–Crippen MR) is 71.3 cm³/mol. The van der Waals surface area contributed by atoms with Crippen LogP contribution in [-0.4, -0.2) is 33.6 Å². The van der Waals surface area contributed by atoms with E-state index in [-0.39, 0.29) is 23.0 Å². The highest BCUT2D eigenvalue weighted by molar-refractivity contribution is 5.96. The second-order valence-electron chi connectivity index (χ2n) is 5.28. The lowest BCUT2D eigenvalue weighted by molar-refractivity contribution is -0.124. The van der Waals surface area contributed by atoms with Gasteiger partial charge in [-0.2, -0.15) is 0 Å². The van der Waals surface area contributed by atoms with E-state index in [0.29, 0.717) is 0 Å². The molecule has 19 heavy (non-hydrogen) atoms.